The van der Waals surface area contributed by atoms with Gasteiger partial charge in [-0.25, -0.2) is 5.01 Å². The lowest BCUT2D eigenvalue weighted by molar-refractivity contribution is -0.0190. The zero-order chi connectivity index (χ0) is 17.7. The van der Waals surface area contributed by atoms with Crippen LogP contribution >= 0.6 is 38.9 Å². The van der Waals surface area contributed by atoms with Crippen LogP contribution < -0.4 is 4.74 Å². The van der Waals surface area contributed by atoms with E-state index < -0.39 is 0 Å². The third kappa shape index (κ3) is 2.75. The topological polar surface area (TPSA) is 24.8 Å². The third-order valence-electron chi connectivity index (χ3n) is 4.71. The van der Waals surface area contributed by atoms with Crippen LogP contribution in [0.5, 0.6) is 5.75 Å². The van der Waals surface area contributed by atoms with Gasteiger partial charge in [0.15, 0.2) is 0 Å². The van der Waals surface area contributed by atoms with Gasteiger partial charge in [-0.1, -0.05) is 45.7 Å². The Balaban J connectivity index is 1.61. The summed E-state index contributed by atoms with van der Waals surface area (Å²) in [5.74, 6) is 0.914. The summed E-state index contributed by atoms with van der Waals surface area (Å²) in [7, 11) is 0. The zero-order valence-electron chi connectivity index (χ0n) is 13.6. The molecule has 0 radical (unpaired) electrons. The summed E-state index contributed by atoms with van der Waals surface area (Å²) >= 11 is 11.4. The molecular formula is C20H14BrClN2OS. The molecule has 0 bridgehead atoms. The van der Waals surface area contributed by atoms with Gasteiger partial charge >= 0.3 is 0 Å². The molecule has 2 aliphatic heterocycles. The SMILES string of the molecule is Clc1ccc([C@H]2Oc3ccc(Br)cc3[C@@H]3CC(c4cccs4)=NN23)cc1. The van der Waals surface area contributed by atoms with E-state index >= 15 is 0 Å². The smallest absolute Gasteiger partial charge is 0.213 e. The number of rotatable bonds is 2. The van der Waals surface area contributed by atoms with Crippen LogP contribution in [0.25, 0.3) is 0 Å². The molecule has 3 aromatic rings. The predicted octanol–water partition coefficient (Wildman–Crippen LogP) is 6.41. The van der Waals surface area contributed by atoms with E-state index in [1.165, 1.54) is 10.4 Å². The molecule has 0 aliphatic carbocycles. The summed E-state index contributed by atoms with van der Waals surface area (Å²) in [5.41, 5.74) is 3.32. The molecular weight excluding hydrogens is 432 g/mol. The Kier molecular flexibility index (Phi) is 4.03. The molecule has 2 aliphatic rings. The van der Waals surface area contributed by atoms with Crippen LogP contribution in [0, 0.1) is 0 Å². The summed E-state index contributed by atoms with van der Waals surface area (Å²) in [6.07, 6.45) is 0.612. The number of fused-ring (bicyclic) bond motifs is 3. The third-order valence-corrected chi connectivity index (χ3v) is 6.38. The molecule has 1 aromatic heterocycles. The number of hydrogen-bond donors (Lipinski definition) is 0. The average Bonchev–Trinajstić information content (AvgIpc) is 3.32. The van der Waals surface area contributed by atoms with Crippen molar-refractivity contribution in [1.82, 2.24) is 5.01 Å². The van der Waals surface area contributed by atoms with Gasteiger partial charge < -0.3 is 4.74 Å². The molecule has 0 N–H and O–H groups in total. The van der Waals surface area contributed by atoms with Crippen molar-refractivity contribution < 1.29 is 4.74 Å². The van der Waals surface area contributed by atoms with E-state index in [2.05, 4.69) is 44.5 Å². The van der Waals surface area contributed by atoms with Crippen molar-refractivity contribution >= 4 is 44.6 Å². The number of hydrazone groups is 1. The second-order valence-corrected chi connectivity index (χ2v) is 8.63. The molecule has 0 fully saturated rings. The zero-order valence-corrected chi connectivity index (χ0v) is 16.8. The fraction of sp³-hybridized carbons (Fsp3) is 0.150. The molecule has 0 saturated carbocycles. The second kappa shape index (κ2) is 6.41. The number of thiophene rings is 1. The Bertz CT molecular complexity index is 988. The van der Waals surface area contributed by atoms with Gasteiger partial charge in [0.25, 0.3) is 0 Å². The van der Waals surface area contributed by atoms with Crippen LogP contribution in [-0.2, 0) is 0 Å². The highest BCUT2D eigenvalue weighted by Crippen LogP contribution is 2.48. The highest BCUT2D eigenvalue weighted by Gasteiger charge is 2.41. The van der Waals surface area contributed by atoms with Crippen molar-refractivity contribution in [3.8, 4) is 5.75 Å². The Morgan fingerprint density at radius 2 is 2.00 bits per heavy atom. The van der Waals surface area contributed by atoms with Crippen molar-refractivity contribution in [2.75, 3.05) is 0 Å². The number of halogens is 2. The van der Waals surface area contributed by atoms with Crippen molar-refractivity contribution in [2.45, 2.75) is 18.7 Å². The Morgan fingerprint density at radius 3 is 2.77 bits per heavy atom. The normalized spacial score (nSPS) is 21.0. The van der Waals surface area contributed by atoms with Crippen molar-refractivity contribution in [3.05, 3.63) is 85.5 Å². The Labute approximate surface area is 169 Å². The minimum Gasteiger partial charge on any atom is -0.464 e. The Morgan fingerprint density at radius 1 is 1.15 bits per heavy atom. The van der Waals surface area contributed by atoms with Crippen LogP contribution in [0.3, 0.4) is 0 Å². The molecule has 6 heteroatoms. The molecule has 0 unspecified atom stereocenters. The van der Waals surface area contributed by atoms with Gasteiger partial charge in [-0.2, -0.15) is 5.10 Å². The highest BCUT2D eigenvalue weighted by atomic mass is 79.9. The highest BCUT2D eigenvalue weighted by molar-refractivity contribution is 9.10. The van der Waals surface area contributed by atoms with Crippen LogP contribution in [0.2, 0.25) is 5.02 Å². The van der Waals surface area contributed by atoms with E-state index in [1.54, 1.807) is 11.3 Å². The van der Waals surface area contributed by atoms with Gasteiger partial charge in [-0.15, -0.1) is 11.3 Å². The van der Waals surface area contributed by atoms with Crippen molar-refractivity contribution in [2.24, 2.45) is 5.10 Å². The first-order valence-corrected chi connectivity index (χ1v) is 10.4. The minimum absolute atomic E-state index is 0.161. The van der Waals surface area contributed by atoms with Gasteiger partial charge in [-0.3, -0.25) is 0 Å². The number of hydrogen-bond acceptors (Lipinski definition) is 4. The monoisotopic (exact) mass is 444 g/mol. The molecule has 5 rings (SSSR count). The molecule has 3 heterocycles. The molecule has 3 nitrogen and oxygen atoms in total. The van der Waals surface area contributed by atoms with Gasteiger partial charge in [0, 0.05) is 27.0 Å². The largest absolute Gasteiger partial charge is 0.464 e. The van der Waals surface area contributed by atoms with Gasteiger partial charge in [0.05, 0.1) is 16.6 Å². The minimum atomic E-state index is -0.261. The number of ether oxygens (including phenoxy) is 1. The molecule has 0 spiro atoms. The van der Waals surface area contributed by atoms with Gasteiger partial charge in [0.1, 0.15) is 5.75 Å². The molecule has 0 amide bonds. The summed E-state index contributed by atoms with van der Waals surface area (Å²) < 4.78 is 7.40. The van der Waals surface area contributed by atoms with Crippen LogP contribution in [0.15, 0.2) is 69.6 Å². The van der Waals surface area contributed by atoms with Gasteiger partial charge in [-0.05, 0) is 41.8 Å². The second-order valence-electron chi connectivity index (χ2n) is 6.33. The lowest BCUT2D eigenvalue weighted by atomic mass is 9.98. The maximum absolute atomic E-state index is 6.35. The van der Waals surface area contributed by atoms with Crippen LogP contribution in [-0.4, -0.2) is 10.7 Å². The average molecular weight is 446 g/mol. The van der Waals surface area contributed by atoms with E-state index in [4.69, 9.17) is 21.4 Å². The molecule has 130 valence electrons. The maximum Gasteiger partial charge on any atom is 0.213 e. The van der Waals surface area contributed by atoms with E-state index in [9.17, 15) is 0 Å². The van der Waals surface area contributed by atoms with E-state index in [0.29, 0.717) is 0 Å². The fourth-order valence-corrected chi connectivity index (χ4v) is 4.72. The predicted molar refractivity (Wildman–Crippen MR) is 109 cm³/mol. The molecule has 2 atom stereocenters. The number of benzene rings is 2. The van der Waals surface area contributed by atoms with Gasteiger partial charge in [0.2, 0.25) is 6.23 Å². The lowest BCUT2D eigenvalue weighted by Gasteiger charge is -2.38. The van der Waals surface area contributed by atoms with E-state index in [1.807, 2.05) is 36.4 Å². The summed E-state index contributed by atoms with van der Waals surface area (Å²) in [5, 5.41) is 9.85. The molecule has 2 aromatic carbocycles. The van der Waals surface area contributed by atoms with E-state index in [0.717, 1.165) is 32.9 Å². The lowest BCUT2D eigenvalue weighted by Crippen LogP contribution is -2.33. The Hall–Kier alpha value is -1.82. The standard InChI is InChI=1S/C20H14BrClN2OS/c21-13-5-8-18-15(10-13)17-11-16(19-2-1-9-26-19)23-24(17)20(25-18)12-3-6-14(22)7-4-12/h1-10,17,20H,11H2/t17-,20+/m0/s1. The first-order valence-electron chi connectivity index (χ1n) is 8.30. The van der Waals surface area contributed by atoms with Crippen molar-refractivity contribution in [3.63, 3.8) is 0 Å². The van der Waals surface area contributed by atoms with Crippen LogP contribution in [0.4, 0.5) is 0 Å². The quantitative estimate of drug-likeness (QED) is 0.455. The molecule has 26 heavy (non-hydrogen) atoms. The fourth-order valence-electron chi connectivity index (χ4n) is 3.50. The summed E-state index contributed by atoms with van der Waals surface area (Å²) in [6.45, 7) is 0. The summed E-state index contributed by atoms with van der Waals surface area (Å²) in [4.78, 5) is 1.21. The summed E-state index contributed by atoms with van der Waals surface area (Å²) in [6, 6.07) is 18.3. The first kappa shape index (κ1) is 16.4. The van der Waals surface area contributed by atoms with Crippen LogP contribution in [0.1, 0.15) is 34.7 Å². The first-order chi connectivity index (χ1) is 12.7. The van der Waals surface area contributed by atoms with E-state index in [-0.39, 0.29) is 12.3 Å². The number of nitrogens with zero attached hydrogens (tertiary/aromatic N) is 2. The maximum atomic E-state index is 6.35. The molecule has 0 saturated heterocycles. The van der Waals surface area contributed by atoms with Crippen molar-refractivity contribution in [1.29, 1.82) is 0 Å².